The maximum Gasteiger partial charge on any atom is 0.275 e. The molecular weight excluding hydrogens is 318 g/mol. The van der Waals surface area contributed by atoms with Gasteiger partial charge in [0.15, 0.2) is 5.16 Å². The number of nitrogens with two attached hydrogens (primary N) is 1. The van der Waals surface area contributed by atoms with E-state index in [0.29, 0.717) is 16.1 Å². The third-order valence-electron chi connectivity index (χ3n) is 3.86. The molecule has 1 amide bonds. The molecule has 0 bridgehead atoms. The molecule has 1 saturated carbocycles. The molecule has 0 unspecified atom stereocenters. The Morgan fingerprint density at radius 1 is 1.36 bits per heavy atom. The van der Waals surface area contributed by atoms with E-state index >= 15 is 0 Å². The SMILES string of the molecule is CSc1nc(NC2CCCCC2)c2cc(C(=O)NN)sc2n1. The lowest BCUT2D eigenvalue weighted by Gasteiger charge is -2.23. The van der Waals surface area contributed by atoms with Crippen molar-refractivity contribution in [1.29, 1.82) is 0 Å². The molecule has 1 fully saturated rings. The van der Waals surface area contributed by atoms with Gasteiger partial charge in [-0.2, -0.15) is 0 Å². The van der Waals surface area contributed by atoms with E-state index in [0.717, 1.165) is 16.0 Å². The van der Waals surface area contributed by atoms with Crippen LogP contribution in [0.5, 0.6) is 0 Å². The maximum absolute atomic E-state index is 11.7. The number of aromatic nitrogens is 2. The van der Waals surface area contributed by atoms with E-state index < -0.39 is 0 Å². The topological polar surface area (TPSA) is 92.9 Å². The summed E-state index contributed by atoms with van der Waals surface area (Å²) in [6.07, 6.45) is 8.11. The Balaban J connectivity index is 1.98. The lowest BCUT2D eigenvalue weighted by molar-refractivity contribution is 0.0958. The number of thioether (sulfide) groups is 1. The Hall–Kier alpha value is -1.38. The van der Waals surface area contributed by atoms with Crippen LogP contribution >= 0.6 is 23.1 Å². The predicted molar refractivity (Wildman–Crippen MR) is 91.3 cm³/mol. The third-order valence-corrected chi connectivity index (χ3v) is 5.43. The Morgan fingerprint density at radius 3 is 2.82 bits per heavy atom. The molecule has 0 aliphatic heterocycles. The maximum atomic E-state index is 11.7. The average Bonchev–Trinajstić information content (AvgIpc) is 2.99. The molecular formula is C14H19N5OS2. The molecule has 2 aromatic rings. The van der Waals surface area contributed by atoms with E-state index in [9.17, 15) is 4.79 Å². The second kappa shape index (κ2) is 6.80. The van der Waals surface area contributed by atoms with Gasteiger partial charge in [0, 0.05) is 6.04 Å². The summed E-state index contributed by atoms with van der Waals surface area (Å²) in [6.45, 7) is 0. The zero-order valence-electron chi connectivity index (χ0n) is 12.4. The van der Waals surface area contributed by atoms with Gasteiger partial charge in [-0.1, -0.05) is 31.0 Å². The number of anilines is 1. The smallest absolute Gasteiger partial charge is 0.275 e. The number of nitrogens with one attached hydrogen (secondary N) is 2. The highest BCUT2D eigenvalue weighted by molar-refractivity contribution is 7.98. The minimum Gasteiger partial charge on any atom is -0.367 e. The number of carbonyl (C=O) groups is 1. The molecule has 0 atom stereocenters. The summed E-state index contributed by atoms with van der Waals surface area (Å²) in [4.78, 5) is 22.2. The summed E-state index contributed by atoms with van der Waals surface area (Å²) in [6, 6.07) is 2.27. The number of fused-ring (bicyclic) bond motifs is 1. The first kappa shape index (κ1) is 15.5. The van der Waals surface area contributed by atoms with Crippen LogP contribution in [0.15, 0.2) is 11.2 Å². The molecule has 118 valence electrons. The Labute approximate surface area is 137 Å². The van der Waals surface area contributed by atoms with Crippen LogP contribution in [-0.4, -0.2) is 28.2 Å². The number of rotatable bonds is 4. The summed E-state index contributed by atoms with van der Waals surface area (Å²) in [5.41, 5.74) is 2.17. The van der Waals surface area contributed by atoms with Crippen LogP contribution in [0.4, 0.5) is 5.82 Å². The first-order chi connectivity index (χ1) is 10.7. The fraction of sp³-hybridized carbons (Fsp3) is 0.500. The van der Waals surface area contributed by atoms with Crippen molar-refractivity contribution in [2.24, 2.45) is 5.84 Å². The van der Waals surface area contributed by atoms with Crippen LogP contribution in [0.3, 0.4) is 0 Å². The first-order valence-electron chi connectivity index (χ1n) is 7.34. The zero-order chi connectivity index (χ0) is 15.5. The molecule has 0 spiro atoms. The normalized spacial score (nSPS) is 15.9. The number of hydrogen-bond acceptors (Lipinski definition) is 7. The molecule has 1 aliphatic carbocycles. The van der Waals surface area contributed by atoms with Gasteiger partial charge in [-0.15, -0.1) is 11.3 Å². The number of thiophene rings is 1. The molecule has 0 aromatic carbocycles. The van der Waals surface area contributed by atoms with Gasteiger partial charge in [0.2, 0.25) is 0 Å². The Morgan fingerprint density at radius 2 is 2.14 bits per heavy atom. The monoisotopic (exact) mass is 337 g/mol. The molecule has 1 aliphatic rings. The van der Waals surface area contributed by atoms with E-state index in [2.05, 4.69) is 20.7 Å². The molecule has 0 saturated heterocycles. The fourth-order valence-electron chi connectivity index (χ4n) is 2.73. The van der Waals surface area contributed by atoms with E-state index in [4.69, 9.17) is 5.84 Å². The Bertz CT molecular complexity index is 681. The summed E-state index contributed by atoms with van der Waals surface area (Å²) in [5, 5.41) is 5.16. The number of carbonyl (C=O) groups excluding carboxylic acids is 1. The zero-order valence-corrected chi connectivity index (χ0v) is 14.0. The van der Waals surface area contributed by atoms with Crippen molar-refractivity contribution < 1.29 is 4.79 Å². The van der Waals surface area contributed by atoms with Gasteiger partial charge in [0.05, 0.1) is 10.3 Å². The van der Waals surface area contributed by atoms with Crippen molar-refractivity contribution in [2.75, 3.05) is 11.6 Å². The van der Waals surface area contributed by atoms with Crippen LogP contribution in [0.2, 0.25) is 0 Å². The molecule has 4 N–H and O–H groups in total. The van der Waals surface area contributed by atoms with Crippen LogP contribution in [-0.2, 0) is 0 Å². The number of hydrogen-bond donors (Lipinski definition) is 3. The predicted octanol–water partition coefficient (Wildman–Crippen LogP) is 2.76. The van der Waals surface area contributed by atoms with Gasteiger partial charge in [-0.3, -0.25) is 10.2 Å². The van der Waals surface area contributed by atoms with E-state index in [-0.39, 0.29) is 5.91 Å². The van der Waals surface area contributed by atoms with Crippen molar-refractivity contribution in [3.05, 3.63) is 10.9 Å². The molecule has 22 heavy (non-hydrogen) atoms. The molecule has 8 heteroatoms. The minimum absolute atomic E-state index is 0.294. The van der Waals surface area contributed by atoms with Crippen molar-refractivity contribution in [3.8, 4) is 0 Å². The van der Waals surface area contributed by atoms with Gasteiger partial charge >= 0.3 is 0 Å². The molecule has 3 rings (SSSR count). The summed E-state index contributed by atoms with van der Waals surface area (Å²) >= 11 is 2.84. The molecule has 6 nitrogen and oxygen atoms in total. The van der Waals surface area contributed by atoms with Crippen molar-refractivity contribution >= 4 is 45.0 Å². The van der Waals surface area contributed by atoms with E-state index in [1.807, 2.05) is 12.3 Å². The van der Waals surface area contributed by atoms with Gasteiger partial charge in [0.1, 0.15) is 10.6 Å². The number of hydrazine groups is 1. The highest BCUT2D eigenvalue weighted by Crippen LogP contribution is 2.32. The highest BCUT2D eigenvalue weighted by Gasteiger charge is 2.19. The first-order valence-corrected chi connectivity index (χ1v) is 9.38. The summed E-state index contributed by atoms with van der Waals surface area (Å²) < 4.78 is 0. The van der Waals surface area contributed by atoms with Crippen molar-refractivity contribution in [1.82, 2.24) is 15.4 Å². The van der Waals surface area contributed by atoms with E-state index in [1.54, 1.807) is 0 Å². The lowest BCUT2D eigenvalue weighted by Crippen LogP contribution is -2.29. The van der Waals surface area contributed by atoms with Crippen LogP contribution in [0.1, 0.15) is 41.8 Å². The Kier molecular flexibility index (Phi) is 4.80. The standard InChI is InChI=1S/C14H19N5OS2/c1-21-14-17-11(16-8-5-3-2-4-6-8)9-7-10(12(20)19-15)22-13(9)18-14/h7-8H,2-6,15H2,1H3,(H,19,20)(H,16,17,18). The van der Waals surface area contributed by atoms with Gasteiger partial charge in [0.25, 0.3) is 5.91 Å². The van der Waals surface area contributed by atoms with Crippen LogP contribution in [0.25, 0.3) is 10.2 Å². The van der Waals surface area contributed by atoms with Gasteiger partial charge in [-0.05, 0) is 25.2 Å². The van der Waals surface area contributed by atoms with Crippen LogP contribution < -0.4 is 16.6 Å². The second-order valence-corrected chi connectivity index (χ2v) is 7.15. The van der Waals surface area contributed by atoms with E-state index in [1.165, 1.54) is 55.2 Å². The van der Waals surface area contributed by atoms with Crippen molar-refractivity contribution in [3.63, 3.8) is 0 Å². The second-order valence-electron chi connectivity index (χ2n) is 5.34. The van der Waals surface area contributed by atoms with Gasteiger partial charge < -0.3 is 5.32 Å². The average molecular weight is 337 g/mol. The lowest BCUT2D eigenvalue weighted by atomic mass is 9.95. The quantitative estimate of drug-likeness (QED) is 0.261. The largest absolute Gasteiger partial charge is 0.367 e. The summed E-state index contributed by atoms with van der Waals surface area (Å²) in [7, 11) is 0. The molecule has 0 radical (unpaired) electrons. The number of nitrogens with zero attached hydrogens (tertiary/aromatic N) is 2. The highest BCUT2D eigenvalue weighted by atomic mass is 32.2. The number of amides is 1. The molecule has 2 heterocycles. The van der Waals surface area contributed by atoms with Crippen molar-refractivity contribution in [2.45, 2.75) is 43.3 Å². The number of nitrogen functional groups attached to an aromatic ring is 1. The fourth-order valence-corrected chi connectivity index (χ4v) is 4.08. The third kappa shape index (κ3) is 3.18. The summed E-state index contributed by atoms with van der Waals surface area (Å²) in [5.74, 6) is 5.75. The van der Waals surface area contributed by atoms with Crippen LogP contribution in [0, 0.1) is 0 Å². The minimum atomic E-state index is -0.294. The molecule has 2 aromatic heterocycles. The van der Waals surface area contributed by atoms with Gasteiger partial charge in [-0.25, -0.2) is 15.8 Å².